The van der Waals surface area contributed by atoms with Gasteiger partial charge in [-0.2, -0.15) is 4.98 Å². The normalized spacial score (nSPS) is 22.9. The summed E-state index contributed by atoms with van der Waals surface area (Å²) in [6.07, 6.45) is 8.85. The molecule has 1 aromatic heterocycles. The summed E-state index contributed by atoms with van der Waals surface area (Å²) >= 11 is 0. The van der Waals surface area contributed by atoms with Crippen LogP contribution in [0.5, 0.6) is 0 Å². The Morgan fingerprint density at radius 1 is 1.29 bits per heavy atom. The molecule has 0 aromatic carbocycles. The molecule has 1 saturated heterocycles. The number of hydrogen-bond acceptors (Lipinski definition) is 4. The van der Waals surface area contributed by atoms with Gasteiger partial charge in [-0.25, -0.2) is 0 Å². The number of nitrogens with one attached hydrogen (secondary N) is 2. The van der Waals surface area contributed by atoms with Gasteiger partial charge in [0.15, 0.2) is 0 Å². The Kier molecular flexibility index (Phi) is 4.48. The summed E-state index contributed by atoms with van der Waals surface area (Å²) in [6, 6.07) is 0. The van der Waals surface area contributed by atoms with Crippen LogP contribution < -0.4 is 10.2 Å². The molecule has 1 aliphatic carbocycles. The van der Waals surface area contributed by atoms with Gasteiger partial charge in [0.05, 0.1) is 0 Å². The van der Waals surface area contributed by atoms with Gasteiger partial charge in [0.2, 0.25) is 5.95 Å². The lowest BCUT2D eigenvalue weighted by Crippen LogP contribution is -2.37. The van der Waals surface area contributed by atoms with Crippen molar-refractivity contribution < 1.29 is 0 Å². The van der Waals surface area contributed by atoms with Crippen LogP contribution in [0.15, 0.2) is 0 Å². The highest BCUT2D eigenvalue weighted by molar-refractivity contribution is 5.31. The lowest BCUT2D eigenvalue weighted by Gasteiger charge is -2.31. The van der Waals surface area contributed by atoms with Crippen molar-refractivity contribution >= 4 is 5.95 Å². The maximum atomic E-state index is 4.87. The average Bonchev–Trinajstić information content (AvgIpc) is 3.18. The molecular weight excluding hydrogens is 262 g/mol. The Morgan fingerprint density at radius 3 is 2.62 bits per heavy atom. The standard InChI is InChI=1S/C16H29N5/c1-3-16(8-4-5-9-16)14-18-15(20-19-14)21-10-6-13(7-11-21)12-17-2/h13,17H,3-12H2,1-2H3,(H,18,19,20). The summed E-state index contributed by atoms with van der Waals surface area (Å²) in [4.78, 5) is 7.23. The first kappa shape index (κ1) is 14.8. The van der Waals surface area contributed by atoms with Gasteiger partial charge in [-0.1, -0.05) is 19.8 Å². The van der Waals surface area contributed by atoms with Crippen molar-refractivity contribution in [1.82, 2.24) is 20.5 Å². The number of hydrogen-bond donors (Lipinski definition) is 2. The molecule has 2 aliphatic rings. The maximum absolute atomic E-state index is 4.87. The smallest absolute Gasteiger partial charge is 0.244 e. The first-order valence-electron chi connectivity index (χ1n) is 8.60. The highest BCUT2D eigenvalue weighted by Crippen LogP contribution is 2.42. The van der Waals surface area contributed by atoms with E-state index in [9.17, 15) is 0 Å². The van der Waals surface area contributed by atoms with Crippen LogP contribution in [-0.4, -0.2) is 41.9 Å². The van der Waals surface area contributed by atoms with E-state index in [0.29, 0.717) is 0 Å². The third-order valence-corrected chi connectivity index (χ3v) is 5.60. The van der Waals surface area contributed by atoms with E-state index in [-0.39, 0.29) is 5.41 Å². The fourth-order valence-electron chi connectivity index (χ4n) is 4.07. The Hall–Kier alpha value is -1.10. The first-order valence-corrected chi connectivity index (χ1v) is 8.60. The zero-order valence-corrected chi connectivity index (χ0v) is 13.5. The zero-order valence-electron chi connectivity index (χ0n) is 13.5. The van der Waals surface area contributed by atoms with Crippen molar-refractivity contribution in [2.75, 3.05) is 31.6 Å². The molecule has 0 amide bonds. The van der Waals surface area contributed by atoms with E-state index in [2.05, 4.69) is 27.3 Å². The van der Waals surface area contributed by atoms with Crippen LogP contribution in [0.25, 0.3) is 0 Å². The van der Waals surface area contributed by atoms with E-state index in [0.717, 1.165) is 37.3 Å². The monoisotopic (exact) mass is 291 g/mol. The van der Waals surface area contributed by atoms with Gasteiger partial charge in [-0.15, -0.1) is 5.10 Å². The van der Waals surface area contributed by atoms with Crippen LogP contribution in [0.1, 0.15) is 57.7 Å². The molecule has 0 radical (unpaired) electrons. The Balaban J connectivity index is 1.65. The minimum absolute atomic E-state index is 0.274. The molecule has 21 heavy (non-hydrogen) atoms. The van der Waals surface area contributed by atoms with E-state index in [1.807, 2.05) is 7.05 Å². The SMILES string of the molecule is CCC1(c2nc(N3CCC(CNC)CC3)n[nH]2)CCCC1. The molecule has 1 aromatic rings. The molecule has 118 valence electrons. The first-order chi connectivity index (χ1) is 10.3. The van der Waals surface area contributed by atoms with E-state index in [1.165, 1.54) is 44.9 Å². The average molecular weight is 291 g/mol. The van der Waals surface area contributed by atoms with Gasteiger partial charge >= 0.3 is 0 Å². The number of piperidine rings is 1. The van der Waals surface area contributed by atoms with Gasteiger partial charge in [0.1, 0.15) is 5.82 Å². The number of aromatic amines is 1. The second-order valence-electron chi connectivity index (χ2n) is 6.81. The summed E-state index contributed by atoms with van der Waals surface area (Å²) in [7, 11) is 2.04. The highest BCUT2D eigenvalue weighted by Gasteiger charge is 2.37. The van der Waals surface area contributed by atoms with Crippen molar-refractivity contribution in [3.8, 4) is 0 Å². The van der Waals surface area contributed by atoms with Crippen LogP contribution in [0.2, 0.25) is 0 Å². The third-order valence-electron chi connectivity index (χ3n) is 5.60. The molecular formula is C16H29N5. The van der Waals surface area contributed by atoms with Gasteiger partial charge < -0.3 is 10.2 Å². The van der Waals surface area contributed by atoms with Crippen LogP contribution in [0.4, 0.5) is 5.95 Å². The lowest BCUT2D eigenvalue weighted by molar-refractivity contribution is 0.389. The second kappa shape index (κ2) is 6.34. The number of H-pyrrole nitrogens is 1. The van der Waals surface area contributed by atoms with Crippen molar-refractivity contribution in [3.63, 3.8) is 0 Å². The minimum Gasteiger partial charge on any atom is -0.340 e. The number of aromatic nitrogens is 3. The third kappa shape index (κ3) is 2.93. The topological polar surface area (TPSA) is 56.8 Å². The molecule has 1 saturated carbocycles. The lowest BCUT2D eigenvalue weighted by atomic mass is 9.83. The van der Waals surface area contributed by atoms with Crippen LogP contribution >= 0.6 is 0 Å². The molecule has 2 N–H and O–H groups in total. The van der Waals surface area contributed by atoms with Crippen molar-refractivity contribution in [2.45, 2.75) is 57.3 Å². The molecule has 0 unspecified atom stereocenters. The molecule has 1 aliphatic heterocycles. The molecule has 5 heteroatoms. The fourth-order valence-corrected chi connectivity index (χ4v) is 4.07. The molecule has 3 rings (SSSR count). The van der Waals surface area contributed by atoms with Gasteiger partial charge in [0, 0.05) is 18.5 Å². The van der Waals surface area contributed by atoms with Crippen molar-refractivity contribution in [3.05, 3.63) is 5.82 Å². The Morgan fingerprint density at radius 2 is 2.00 bits per heavy atom. The summed E-state index contributed by atoms with van der Waals surface area (Å²) < 4.78 is 0. The van der Waals surface area contributed by atoms with Crippen LogP contribution in [0.3, 0.4) is 0 Å². The molecule has 0 atom stereocenters. The van der Waals surface area contributed by atoms with Crippen molar-refractivity contribution in [1.29, 1.82) is 0 Å². The van der Waals surface area contributed by atoms with Crippen LogP contribution in [-0.2, 0) is 5.41 Å². The second-order valence-corrected chi connectivity index (χ2v) is 6.81. The van der Waals surface area contributed by atoms with E-state index >= 15 is 0 Å². The van der Waals surface area contributed by atoms with E-state index in [1.54, 1.807) is 0 Å². The Labute approximate surface area is 127 Å². The predicted octanol–water partition coefficient (Wildman–Crippen LogP) is 2.46. The van der Waals surface area contributed by atoms with Gasteiger partial charge in [-0.3, -0.25) is 5.10 Å². The summed E-state index contributed by atoms with van der Waals surface area (Å²) in [5.41, 5.74) is 0.274. The van der Waals surface area contributed by atoms with E-state index < -0.39 is 0 Å². The Bertz CT molecular complexity index is 441. The number of rotatable bonds is 5. The zero-order chi connectivity index (χ0) is 14.7. The molecule has 0 bridgehead atoms. The quantitative estimate of drug-likeness (QED) is 0.875. The maximum Gasteiger partial charge on any atom is 0.244 e. The van der Waals surface area contributed by atoms with Gasteiger partial charge in [0.25, 0.3) is 0 Å². The van der Waals surface area contributed by atoms with Crippen LogP contribution in [0, 0.1) is 5.92 Å². The molecule has 0 spiro atoms. The molecule has 2 heterocycles. The molecule has 2 fully saturated rings. The summed E-state index contributed by atoms with van der Waals surface area (Å²) in [5.74, 6) is 2.86. The number of nitrogens with zero attached hydrogens (tertiary/aromatic N) is 3. The molecule has 5 nitrogen and oxygen atoms in total. The van der Waals surface area contributed by atoms with Gasteiger partial charge in [-0.05, 0) is 51.6 Å². The van der Waals surface area contributed by atoms with E-state index in [4.69, 9.17) is 4.98 Å². The number of anilines is 1. The highest BCUT2D eigenvalue weighted by atomic mass is 15.4. The summed E-state index contributed by atoms with van der Waals surface area (Å²) in [5, 5.41) is 11.1. The predicted molar refractivity (Wildman–Crippen MR) is 85.7 cm³/mol. The fraction of sp³-hybridized carbons (Fsp3) is 0.875. The minimum atomic E-state index is 0.274. The largest absolute Gasteiger partial charge is 0.340 e. The van der Waals surface area contributed by atoms with Crippen molar-refractivity contribution in [2.24, 2.45) is 5.92 Å². The summed E-state index contributed by atoms with van der Waals surface area (Å²) in [6.45, 7) is 5.59.